The number of amides is 2. The van der Waals surface area contributed by atoms with E-state index in [9.17, 15) is 19.5 Å². The van der Waals surface area contributed by atoms with Crippen molar-refractivity contribution in [2.24, 2.45) is 0 Å². The van der Waals surface area contributed by atoms with Gasteiger partial charge in [-0.1, -0.05) is 42.5 Å². The molecule has 0 unspecified atom stereocenters. The van der Waals surface area contributed by atoms with E-state index in [1.165, 1.54) is 12.1 Å². The molecule has 0 radical (unpaired) electrons. The molecule has 1 aromatic heterocycles. The van der Waals surface area contributed by atoms with E-state index in [1.807, 2.05) is 37.3 Å². The van der Waals surface area contributed by atoms with Crippen LogP contribution < -0.4 is 16.2 Å². The van der Waals surface area contributed by atoms with Crippen LogP contribution in [0.15, 0.2) is 59.4 Å². The zero-order chi connectivity index (χ0) is 27.0. The molecule has 4 N–H and O–H groups in total. The maximum Gasteiger partial charge on any atom is 0.408 e. The summed E-state index contributed by atoms with van der Waals surface area (Å²) in [7, 11) is 0. The first-order valence-electron chi connectivity index (χ1n) is 12.2. The van der Waals surface area contributed by atoms with Crippen molar-refractivity contribution in [2.45, 2.75) is 58.6 Å². The minimum atomic E-state index is -0.916. The van der Waals surface area contributed by atoms with Gasteiger partial charge in [0.1, 0.15) is 23.1 Å². The summed E-state index contributed by atoms with van der Waals surface area (Å²) in [6.07, 6.45) is 0.277. The molecule has 0 bridgehead atoms. The molecule has 0 aliphatic carbocycles. The second kappa shape index (κ2) is 12.2. The van der Waals surface area contributed by atoms with Crippen molar-refractivity contribution in [3.05, 3.63) is 93.2 Å². The minimum Gasteiger partial charge on any atom is -0.508 e. The van der Waals surface area contributed by atoms with Crippen molar-refractivity contribution in [2.75, 3.05) is 6.54 Å². The van der Waals surface area contributed by atoms with Crippen LogP contribution >= 0.6 is 0 Å². The third-order valence-corrected chi connectivity index (χ3v) is 5.53. The van der Waals surface area contributed by atoms with Crippen LogP contribution in [-0.4, -0.2) is 45.3 Å². The van der Waals surface area contributed by atoms with Crippen molar-refractivity contribution in [1.82, 2.24) is 20.6 Å². The number of alkyl carbamates (subject to hydrolysis) is 1. The van der Waals surface area contributed by atoms with E-state index in [0.29, 0.717) is 12.1 Å². The van der Waals surface area contributed by atoms with Crippen molar-refractivity contribution in [1.29, 1.82) is 0 Å². The quantitative estimate of drug-likeness (QED) is 0.352. The average Bonchev–Trinajstić information content (AvgIpc) is 2.82. The Morgan fingerprint density at radius 1 is 1.05 bits per heavy atom. The molecule has 9 heteroatoms. The zero-order valence-electron chi connectivity index (χ0n) is 21.6. The number of nitrogens with zero attached hydrogens (tertiary/aromatic N) is 1. The van der Waals surface area contributed by atoms with Gasteiger partial charge in [-0.3, -0.25) is 14.6 Å². The summed E-state index contributed by atoms with van der Waals surface area (Å²) in [5, 5.41) is 14.9. The molecule has 9 nitrogen and oxygen atoms in total. The largest absolute Gasteiger partial charge is 0.508 e. The van der Waals surface area contributed by atoms with Gasteiger partial charge in [-0.05, 0) is 51.0 Å². The van der Waals surface area contributed by atoms with Gasteiger partial charge >= 0.3 is 6.09 Å². The average molecular weight is 507 g/mol. The summed E-state index contributed by atoms with van der Waals surface area (Å²) in [6.45, 7) is 7.21. The number of phenols is 1. The van der Waals surface area contributed by atoms with Crippen molar-refractivity contribution in [3.8, 4) is 5.75 Å². The standard InChI is InChI=1S/C28H34N4O5/c1-18-23(16-19-8-6-5-7-9-19)31-26(35)22(30-18)14-15-29-25(34)24(32-27(36)37-28(2,3)4)17-20-10-12-21(33)13-11-20/h5-13,24,33H,14-17H2,1-4H3,(H,29,34)(H,31,35)(H,32,36)/t24-/m0/s1. The second-order valence-electron chi connectivity index (χ2n) is 9.85. The Labute approximate surface area is 216 Å². The number of carbonyl (C=O) groups excluding carboxylic acids is 2. The Morgan fingerprint density at radius 3 is 2.38 bits per heavy atom. The number of aryl methyl sites for hydroxylation is 1. The lowest BCUT2D eigenvalue weighted by Crippen LogP contribution is -2.49. The van der Waals surface area contributed by atoms with Gasteiger partial charge in [-0.2, -0.15) is 0 Å². The van der Waals surface area contributed by atoms with E-state index in [4.69, 9.17) is 4.74 Å². The molecule has 1 heterocycles. The molecule has 3 rings (SSSR count). The van der Waals surface area contributed by atoms with Gasteiger partial charge in [0.15, 0.2) is 0 Å². The maximum atomic E-state index is 13.0. The molecular weight excluding hydrogens is 472 g/mol. The van der Waals surface area contributed by atoms with E-state index in [1.54, 1.807) is 32.9 Å². The molecule has 196 valence electrons. The molecule has 2 aromatic carbocycles. The third kappa shape index (κ3) is 8.79. The Morgan fingerprint density at radius 2 is 1.73 bits per heavy atom. The van der Waals surface area contributed by atoms with Gasteiger partial charge in [0.05, 0.1) is 5.69 Å². The topological polar surface area (TPSA) is 133 Å². The number of rotatable bonds is 9. The lowest BCUT2D eigenvalue weighted by molar-refractivity contribution is -0.123. The number of hydrogen-bond donors (Lipinski definition) is 4. The van der Waals surface area contributed by atoms with E-state index < -0.39 is 23.6 Å². The number of ether oxygens (including phenoxy) is 1. The van der Waals surface area contributed by atoms with E-state index in [-0.39, 0.29) is 30.7 Å². The maximum absolute atomic E-state index is 13.0. The highest BCUT2D eigenvalue weighted by Crippen LogP contribution is 2.13. The fourth-order valence-electron chi connectivity index (χ4n) is 3.72. The Kier molecular flexibility index (Phi) is 9.05. The van der Waals surface area contributed by atoms with E-state index in [2.05, 4.69) is 20.6 Å². The molecule has 1 atom stereocenters. The van der Waals surface area contributed by atoms with Crippen LogP contribution in [0.1, 0.15) is 49.0 Å². The van der Waals surface area contributed by atoms with Gasteiger partial charge < -0.3 is 25.5 Å². The third-order valence-electron chi connectivity index (χ3n) is 5.53. The first kappa shape index (κ1) is 27.4. The fraction of sp³-hybridized carbons (Fsp3) is 0.357. The van der Waals surface area contributed by atoms with Crippen LogP contribution in [0.5, 0.6) is 5.75 Å². The molecule has 2 amide bonds. The summed E-state index contributed by atoms with van der Waals surface area (Å²) in [5.41, 5.74) is 2.60. The lowest BCUT2D eigenvalue weighted by atomic mass is 10.0. The Bertz CT molecular complexity index is 1260. The molecule has 0 fully saturated rings. The summed E-state index contributed by atoms with van der Waals surface area (Å²) in [6, 6.07) is 15.3. The number of aromatic amines is 1. The smallest absolute Gasteiger partial charge is 0.408 e. The highest BCUT2D eigenvalue weighted by molar-refractivity contribution is 5.86. The molecule has 3 aromatic rings. The molecule has 37 heavy (non-hydrogen) atoms. The Hall–Kier alpha value is -4.14. The monoisotopic (exact) mass is 506 g/mol. The highest BCUT2D eigenvalue weighted by atomic mass is 16.6. The van der Waals surface area contributed by atoms with Crippen LogP contribution in [0.2, 0.25) is 0 Å². The normalized spacial score (nSPS) is 12.0. The molecular formula is C28H34N4O5. The van der Waals surface area contributed by atoms with Gasteiger partial charge in [-0.15, -0.1) is 0 Å². The number of hydrogen-bond acceptors (Lipinski definition) is 6. The van der Waals surface area contributed by atoms with Crippen molar-refractivity contribution < 1.29 is 19.4 Å². The lowest BCUT2D eigenvalue weighted by Gasteiger charge is -2.23. The summed E-state index contributed by atoms with van der Waals surface area (Å²) >= 11 is 0. The Balaban J connectivity index is 1.64. The number of aromatic hydroxyl groups is 1. The molecule has 0 saturated heterocycles. The number of carbonyl (C=O) groups is 2. The molecule has 0 spiro atoms. The van der Waals surface area contributed by atoms with Crippen molar-refractivity contribution in [3.63, 3.8) is 0 Å². The summed E-state index contributed by atoms with van der Waals surface area (Å²) in [5.74, 6) is -0.319. The number of phenolic OH excluding ortho intramolecular Hbond substituents is 1. The summed E-state index contributed by atoms with van der Waals surface area (Å²) in [4.78, 5) is 45.3. The van der Waals surface area contributed by atoms with Crippen LogP contribution in [0.4, 0.5) is 4.79 Å². The van der Waals surface area contributed by atoms with Gasteiger partial charge in [0.2, 0.25) is 5.91 Å². The first-order valence-corrected chi connectivity index (χ1v) is 12.2. The number of aromatic nitrogens is 2. The van der Waals surface area contributed by atoms with Crippen LogP contribution in [-0.2, 0) is 28.8 Å². The summed E-state index contributed by atoms with van der Waals surface area (Å²) < 4.78 is 5.31. The van der Waals surface area contributed by atoms with Gasteiger partial charge in [0.25, 0.3) is 5.56 Å². The number of benzene rings is 2. The van der Waals surface area contributed by atoms with Crippen molar-refractivity contribution >= 4 is 12.0 Å². The first-order chi connectivity index (χ1) is 17.5. The van der Waals surface area contributed by atoms with E-state index in [0.717, 1.165) is 22.5 Å². The zero-order valence-corrected chi connectivity index (χ0v) is 21.6. The van der Waals surface area contributed by atoms with Crippen LogP contribution in [0.3, 0.4) is 0 Å². The SMILES string of the molecule is Cc1nc(CCNC(=O)[C@H](Cc2ccc(O)cc2)NC(=O)OC(C)(C)C)c(=O)[nH]c1Cc1ccccc1. The fourth-order valence-corrected chi connectivity index (χ4v) is 3.72. The van der Waals surface area contributed by atoms with E-state index >= 15 is 0 Å². The molecule has 0 aliphatic heterocycles. The van der Waals surface area contributed by atoms with Gasteiger partial charge in [-0.25, -0.2) is 4.79 Å². The predicted octanol–water partition coefficient (Wildman–Crippen LogP) is 3.17. The van der Waals surface area contributed by atoms with Crippen LogP contribution in [0.25, 0.3) is 0 Å². The van der Waals surface area contributed by atoms with Gasteiger partial charge in [0, 0.05) is 31.5 Å². The second-order valence-corrected chi connectivity index (χ2v) is 9.85. The number of H-pyrrole nitrogens is 1. The van der Waals surface area contributed by atoms with Crippen LogP contribution in [0, 0.1) is 6.92 Å². The molecule has 0 saturated carbocycles. The highest BCUT2D eigenvalue weighted by Gasteiger charge is 2.24. The number of nitrogens with one attached hydrogen (secondary N) is 3. The minimum absolute atomic E-state index is 0.104. The predicted molar refractivity (Wildman–Crippen MR) is 141 cm³/mol. The molecule has 0 aliphatic rings.